The summed E-state index contributed by atoms with van der Waals surface area (Å²) in [5, 5.41) is 0. The summed E-state index contributed by atoms with van der Waals surface area (Å²) in [4.78, 5) is 13.6. The minimum atomic E-state index is -0.290. The number of likely N-dealkylation sites (tertiary alicyclic amines) is 1. The Hall–Kier alpha value is 0.112. The van der Waals surface area contributed by atoms with Crippen LogP contribution < -0.4 is 5.73 Å². The molecule has 0 bridgehead atoms. The zero-order valence-electron chi connectivity index (χ0n) is 12.4. The van der Waals surface area contributed by atoms with E-state index in [9.17, 15) is 4.79 Å². The maximum atomic E-state index is 11.9. The molecule has 3 unspecified atom stereocenters. The number of methoxy groups -OCH3 is 1. The van der Waals surface area contributed by atoms with E-state index in [1.165, 1.54) is 45.7 Å². The molecule has 1 saturated heterocycles. The first-order chi connectivity index (χ1) is 9.52. The molecule has 0 aromatic rings. The molecule has 1 aliphatic heterocycles. The van der Waals surface area contributed by atoms with Crippen molar-refractivity contribution in [1.82, 2.24) is 4.90 Å². The van der Waals surface area contributed by atoms with Gasteiger partial charge in [-0.1, -0.05) is 0 Å². The van der Waals surface area contributed by atoms with Gasteiger partial charge in [-0.05, 0) is 0 Å². The fourth-order valence-corrected chi connectivity index (χ4v) is 4.58. The van der Waals surface area contributed by atoms with Crippen LogP contribution in [0.5, 0.6) is 0 Å². The second-order valence-corrected chi connectivity index (χ2v) is 9.17. The van der Waals surface area contributed by atoms with Crippen LogP contribution in [0.15, 0.2) is 0 Å². The van der Waals surface area contributed by atoms with Crippen molar-refractivity contribution in [2.75, 3.05) is 13.7 Å². The molecule has 20 heavy (non-hydrogen) atoms. The number of amides is 1. The van der Waals surface area contributed by atoms with Crippen LogP contribution in [0.4, 0.5) is 4.79 Å². The van der Waals surface area contributed by atoms with Gasteiger partial charge in [-0.25, -0.2) is 0 Å². The van der Waals surface area contributed by atoms with Gasteiger partial charge in [0.25, 0.3) is 0 Å². The summed E-state index contributed by atoms with van der Waals surface area (Å²) in [6.07, 6.45) is 5.78. The molecule has 2 aliphatic rings. The van der Waals surface area contributed by atoms with Gasteiger partial charge in [-0.3, -0.25) is 0 Å². The molecule has 1 heterocycles. The first-order valence-electron chi connectivity index (χ1n) is 7.47. The summed E-state index contributed by atoms with van der Waals surface area (Å²) in [5.74, 6) is 0. The van der Waals surface area contributed by atoms with E-state index < -0.39 is 0 Å². The third-order valence-electron chi connectivity index (χ3n) is 4.50. The number of nitrogens with two attached hydrogens (primary N) is 1. The van der Waals surface area contributed by atoms with Gasteiger partial charge in [0.1, 0.15) is 0 Å². The molecule has 0 aromatic heterocycles. The third-order valence-corrected chi connectivity index (χ3v) is 6.75. The van der Waals surface area contributed by atoms with Crippen molar-refractivity contribution in [2.24, 2.45) is 5.73 Å². The molecule has 1 saturated carbocycles. The van der Waals surface area contributed by atoms with Crippen molar-refractivity contribution in [3.8, 4) is 0 Å². The predicted molar refractivity (Wildman–Crippen MR) is 77.8 cm³/mol. The zero-order valence-corrected chi connectivity index (χ0v) is 16.3. The van der Waals surface area contributed by atoms with E-state index in [1.54, 1.807) is 4.90 Å². The first-order valence-corrected chi connectivity index (χ1v) is 9.72. The number of rotatable bonds is 3. The van der Waals surface area contributed by atoms with Crippen molar-refractivity contribution in [1.29, 1.82) is 0 Å². The molecule has 0 spiro atoms. The summed E-state index contributed by atoms with van der Waals surface area (Å²) in [5.41, 5.74) is 6.17. The molecule has 3 radical (unpaired) electrons. The maximum absolute atomic E-state index is 11.9. The van der Waals surface area contributed by atoms with E-state index in [0.29, 0.717) is 12.7 Å². The minimum absolute atomic E-state index is 0.0148. The van der Waals surface area contributed by atoms with Crippen LogP contribution in [0.25, 0.3) is 0 Å². The van der Waals surface area contributed by atoms with Crippen LogP contribution in [0.2, 0.25) is 3.48 Å². The molecule has 1 amide bonds. The number of hydrogen-bond donors (Lipinski definition) is 1. The zero-order chi connectivity index (χ0) is 14.7. The summed E-state index contributed by atoms with van der Waals surface area (Å²) in [6, 6.07) is 0.0635. The van der Waals surface area contributed by atoms with Gasteiger partial charge in [0.15, 0.2) is 0 Å². The van der Waals surface area contributed by atoms with Crippen LogP contribution in [-0.4, -0.2) is 74.7 Å². The van der Waals surface area contributed by atoms with E-state index in [2.05, 4.69) is 0 Å². The Labute approximate surface area is 137 Å². The fourth-order valence-electron chi connectivity index (χ4n) is 3.29. The fraction of sp³-hybridized carbons (Fsp3) is 0.929. The predicted octanol–water partition coefficient (Wildman–Crippen LogP) is 1.46. The molecule has 0 aromatic carbocycles. The standard InChI is InChI=1S/C14H25N2O3.Pb/c1-10-8-12(15)13(16(10)14(17)18-2)9-19-11-6-4-3-5-7-11;/h3,10-13H,4-9,15H2,1-2H3;. The molecule has 3 atom stereocenters. The Morgan fingerprint density at radius 2 is 2.00 bits per heavy atom. The quantitative estimate of drug-likeness (QED) is 0.627. The second kappa shape index (κ2) is 7.40. The number of hydrogen-bond acceptors (Lipinski definition) is 4. The Bertz CT molecular complexity index is 334. The van der Waals surface area contributed by atoms with Gasteiger partial charge in [0.2, 0.25) is 0 Å². The van der Waals surface area contributed by atoms with E-state index in [1.807, 2.05) is 6.92 Å². The van der Waals surface area contributed by atoms with Gasteiger partial charge in [-0.2, -0.15) is 0 Å². The van der Waals surface area contributed by atoms with Gasteiger partial charge in [0.05, 0.1) is 0 Å². The van der Waals surface area contributed by atoms with E-state index in [-0.39, 0.29) is 24.2 Å². The monoisotopic (exact) mass is 477 g/mol. The van der Waals surface area contributed by atoms with Gasteiger partial charge in [-0.15, -0.1) is 0 Å². The Morgan fingerprint density at radius 1 is 1.35 bits per heavy atom. The van der Waals surface area contributed by atoms with Crippen molar-refractivity contribution < 1.29 is 14.3 Å². The molecular weight excluding hydrogens is 451 g/mol. The topological polar surface area (TPSA) is 64.8 Å². The van der Waals surface area contributed by atoms with Gasteiger partial charge < -0.3 is 0 Å². The van der Waals surface area contributed by atoms with Gasteiger partial charge in [0, 0.05) is 0 Å². The summed E-state index contributed by atoms with van der Waals surface area (Å²) in [6.45, 7) is 2.56. The number of carbonyl (C=O) groups is 1. The number of carbonyl (C=O) groups excluding carboxylic acids is 1. The van der Waals surface area contributed by atoms with Crippen molar-refractivity contribution in [3.05, 3.63) is 0 Å². The molecule has 2 rings (SSSR count). The normalized spacial score (nSPS) is 38.0. The molecule has 5 nitrogen and oxygen atoms in total. The number of ether oxygens (including phenoxy) is 2. The Kier molecular flexibility index (Phi) is 6.10. The Balaban J connectivity index is 1.87. The third kappa shape index (κ3) is 3.85. The number of nitrogens with zero attached hydrogens (tertiary/aromatic N) is 1. The second-order valence-electron chi connectivity index (χ2n) is 6.00. The summed E-state index contributed by atoms with van der Waals surface area (Å²) in [7, 11) is 1.42. The van der Waals surface area contributed by atoms with E-state index >= 15 is 0 Å². The summed E-state index contributed by atoms with van der Waals surface area (Å²) >= 11 is 1.30. The van der Waals surface area contributed by atoms with Gasteiger partial charge >= 0.3 is 137 Å². The van der Waals surface area contributed by atoms with Crippen LogP contribution in [0.3, 0.4) is 0 Å². The Morgan fingerprint density at radius 3 is 2.60 bits per heavy atom. The molecular formula is C14H25N2O3Pb. The van der Waals surface area contributed by atoms with Crippen LogP contribution >= 0.6 is 0 Å². The molecule has 2 fully saturated rings. The van der Waals surface area contributed by atoms with Crippen molar-refractivity contribution in [3.63, 3.8) is 0 Å². The van der Waals surface area contributed by atoms with E-state index in [0.717, 1.165) is 22.7 Å². The molecule has 113 valence electrons. The van der Waals surface area contributed by atoms with Crippen molar-refractivity contribution >= 4 is 31.9 Å². The molecule has 2 N–H and O–H groups in total. The average molecular weight is 477 g/mol. The first kappa shape index (κ1) is 16.5. The van der Waals surface area contributed by atoms with Crippen LogP contribution in [-0.2, 0) is 9.47 Å². The van der Waals surface area contributed by atoms with Crippen LogP contribution in [0, 0.1) is 0 Å². The van der Waals surface area contributed by atoms with Crippen molar-refractivity contribution in [2.45, 2.75) is 66.7 Å². The summed E-state index contributed by atoms with van der Waals surface area (Å²) < 4.78 is 11.9. The molecule has 1 aliphatic carbocycles. The van der Waals surface area contributed by atoms with Crippen LogP contribution in [0.1, 0.15) is 39.0 Å². The van der Waals surface area contributed by atoms with E-state index in [4.69, 9.17) is 15.2 Å². The average Bonchev–Trinajstić information content (AvgIpc) is 2.71. The molecule has 6 heteroatoms. The SMILES string of the molecule is COC(=O)N1C(C)CC(N)C1COC1CC[CH]([Pb])CC1.